The molecule has 2 unspecified atom stereocenters. The van der Waals surface area contributed by atoms with Gasteiger partial charge in [0.05, 0.1) is 18.6 Å². The summed E-state index contributed by atoms with van der Waals surface area (Å²) in [6, 6.07) is 12.8. The topological polar surface area (TPSA) is 96.0 Å². The molecule has 8 nitrogen and oxygen atoms in total. The molecule has 0 spiro atoms. The van der Waals surface area contributed by atoms with Crippen LogP contribution in [0.4, 0.5) is 0 Å². The second-order valence-corrected chi connectivity index (χ2v) is 10.5. The van der Waals surface area contributed by atoms with Gasteiger partial charge in [-0.1, -0.05) is 36.8 Å². The van der Waals surface area contributed by atoms with Crippen molar-refractivity contribution in [1.82, 2.24) is 14.5 Å². The summed E-state index contributed by atoms with van der Waals surface area (Å²) in [5.74, 6) is -0.150. The Kier molecular flexibility index (Phi) is 9.64. The van der Waals surface area contributed by atoms with Crippen LogP contribution in [0.15, 0.2) is 53.4 Å². The van der Waals surface area contributed by atoms with Gasteiger partial charge in [0.25, 0.3) is 0 Å². The SMILES string of the molecule is CCC(C)NC(=O)C(C)N(Cc1cccc(OC)c1)C(=O)CN(C)S(=O)(=O)c1ccc(C)cc1. The Morgan fingerprint density at radius 1 is 1.09 bits per heavy atom. The number of hydrogen-bond acceptors (Lipinski definition) is 5. The van der Waals surface area contributed by atoms with Crippen LogP contribution in [0.1, 0.15) is 38.3 Å². The lowest BCUT2D eigenvalue weighted by atomic mass is 10.1. The molecule has 2 rings (SSSR count). The van der Waals surface area contributed by atoms with Crippen molar-refractivity contribution in [2.24, 2.45) is 0 Å². The molecule has 0 bridgehead atoms. The summed E-state index contributed by atoms with van der Waals surface area (Å²) >= 11 is 0. The van der Waals surface area contributed by atoms with E-state index in [2.05, 4.69) is 5.32 Å². The Morgan fingerprint density at radius 3 is 2.32 bits per heavy atom. The smallest absolute Gasteiger partial charge is 0.243 e. The standard InChI is InChI=1S/C25H35N3O5S/c1-7-19(3)26-25(30)20(4)28(16-21-9-8-10-22(15-21)33-6)24(29)17-27(5)34(31,32)23-13-11-18(2)12-14-23/h8-15,19-20H,7,16-17H2,1-6H3,(H,26,30). The lowest BCUT2D eigenvalue weighted by Gasteiger charge is -2.31. The minimum atomic E-state index is -3.87. The Hall–Kier alpha value is -2.91. The number of amides is 2. The highest BCUT2D eigenvalue weighted by molar-refractivity contribution is 7.89. The molecular formula is C25H35N3O5S. The van der Waals surface area contributed by atoms with Gasteiger partial charge in [-0.15, -0.1) is 0 Å². The first-order valence-electron chi connectivity index (χ1n) is 11.2. The predicted molar refractivity (Wildman–Crippen MR) is 132 cm³/mol. The molecular weight excluding hydrogens is 454 g/mol. The van der Waals surface area contributed by atoms with Gasteiger partial charge in [-0.05, 0) is 57.0 Å². The van der Waals surface area contributed by atoms with Gasteiger partial charge < -0.3 is 15.0 Å². The molecule has 2 atom stereocenters. The van der Waals surface area contributed by atoms with Crippen LogP contribution in [-0.2, 0) is 26.2 Å². The van der Waals surface area contributed by atoms with Gasteiger partial charge in [-0.2, -0.15) is 4.31 Å². The van der Waals surface area contributed by atoms with Crippen LogP contribution in [0.5, 0.6) is 5.75 Å². The van der Waals surface area contributed by atoms with E-state index in [1.54, 1.807) is 44.4 Å². The Labute approximate surface area is 202 Å². The number of ether oxygens (including phenoxy) is 1. The predicted octanol–water partition coefficient (Wildman–Crippen LogP) is 2.96. The van der Waals surface area contributed by atoms with Gasteiger partial charge in [0.2, 0.25) is 21.8 Å². The van der Waals surface area contributed by atoms with Crippen molar-refractivity contribution in [3.8, 4) is 5.75 Å². The summed E-state index contributed by atoms with van der Waals surface area (Å²) in [4.78, 5) is 27.7. The van der Waals surface area contributed by atoms with Crippen molar-refractivity contribution in [3.05, 3.63) is 59.7 Å². The molecule has 0 fully saturated rings. The molecule has 9 heteroatoms. The van der Waals surface area contributed by atoms with Gasteiger partial charge in [0.15, 0.2) is 0 Å². The highest BCUT2D eigenvalue weighted by atomic mass is 32.2. The van der Waals surface area contributed by atoms with Crippen molar-refractivity contribution in [1.29, 1.82) is 0 Å². The van der Waals surface area contributed by atoms with E-state index in [1.807, 2.05) is 26.8 Å². The van der Waals surface area contributed by atoms with E-state index in [1.165, 1.54) is 24.1 Å². The van der Waals surface area contributed by atoms with Crippen molar-refractivity contribution in [3.63, 3.8) is 0 Å². The highest BCUT2D eigenvalue weighted by Gasteiger charge is 2.30. The third-order valence-corrected chi connectivity index (χ3v) is 7.56. The van der Waals surface area contributed by atoms with E-state index in [0.717, 1.165) is 21.9 Å². The number of carbonyl (C=O) groups excluding carboxylic acids is 2. The molecule has 2 amide bonds. The molecule has 2 aromatic carbocycles. The van der Waals surface area contributed by atoms with Crippen LogP contribution in [0.2, 0.25) is 0 Å². The Bertz CT molecular complexity index is 1090. The summed E-state index contributed by atoms with van der Waals surface area (Å²) in [5, 5.41) is 2.90. The van der Waals surface area contributed by atoms with Crippen molar-refractivity contribution < 1.29 is 22.7 Å². The molecule has 0 aliphatic rings. The first-order chi connectivity index (χ1) is 16.0. The van der Waals surface area contributed by atoms with Crippen molar-refractivity contribution >= 4 is 21.8 Å². The van der Waals surface area contributed by atoms with Crippen LogP contribution < -0.4 is 10.1 Å². The highest BCUT2D eigenvalue weighted by Crippen LogP contribution is 2.18. The number of nitrogens with one attached hydrogen (secondary N) is 1. The number of aryl methyl sites for hydroxylation is 1. The van der Waals surface area contributed by atoms with Crippen molar-refractivity contribution in [2.75, 3.05) is 20.7 Å². The largest absolute Gasteiger partial charge is 0.497 e. The number of carbonyl (C=O) groups is 2. The zero-order valence-corrected chi connectivity index (χ0v) is 21.6. The molecule has 0 saturated carbocycles. The molecule has 0 aromatic heterocycles. The van der Waals surface area contributed by atoms with E-state index in [9.17, 15) is 18.0 Å². The Balaban J connectivity index is 2.29. The molecule has 0 aliphatic heterocycles. The minimum Gasteiger partial charge on any atom is -0.497 e. The quantitative estimate of drug-likeness (QED) is 0.524. The third kappa shape index (κ3) is 7.04. The van der Waals surface area contributed by atoms with Crippen LogP contribution in [0, 0.1) is 6.92 Å². The van der Waals surface area contributed by atoms with Gasteiger partial charge in [0, 0.05) is 19.6 Å². The average molecular weight is 490 g/mol. The summed E-state index contributed by atoms with van der Waals surface area (Å²) < 4.78 is 32.3. The number of nitrogens with zero attached hydrogens (tertiary/aromatic N) is 2. The second kappa shape index (κ2) is 12.0. The first kappa shape index (κ1) is 27.3. The fourth-order valence-electron chi connectivity index (χ4n) is 3.27. The average Bonchev–Trinajstić information content (AvgIpc) is 2.82. The van der Waals surface area contributed by atoms with Crippen LogP contribution in [0.3, 0.4) is 0 Å². The van der Waals surface area contributed by atoms with E-state index in [-0.39, 0.29) is 23.4 Å². The maximum Gasteiger partial charge on any atom is 0.243 e. The molecule has 1 N–H and O–H groups in total. The summed E-state index contributed by atoms with van der Waals surface area (Å²) in [6.45, 7) is 7.08. The van der Waals surface area contributed by atoms with Crippen LogP contribution in [-0.4, -0.2) is 62.2 Å². The summed E-state index contributed by atoms with van der Waals surface area (Å²) in [7, 11) is -0.959. The van der Waals surface area contributed by atoms with E-state index in [4.69, 9.17) is 4.74 Å². The number of methoxy groups -OCH3 is 1. The van der Waals surface area contributed by atoms with Gasteiger partial charge in [0.1, 0.15) is 11.8 Å². The fourth-order valence-corrected chi connectivity index (χ4v) is 4.39. The number of rotatable bonds is 11. The number of hydrogen-bond donors (Lipinski definition) is 1. The van der Waals surface area contributed by atoms with E-state index < -0.39 is 28.5 Å². The maximum absolute atomic E-state index is 13.4. The number of likely N-dealkylation sites (N-methyl/N-ethyl adjacent to an activating group) is 1. The molecule has 0 radical (unpaired) electrons. The number of sulfonamides is 1. The minimum absolute atomic E-state index is 0.0479. The van der Waals surface area contributed by atoms with Crippen LogP contribution in [0.25, 0.3) is 0 Å². The molecule has 186 valence electrons. The van der Waals surface area contributed by atoms with Crippen molar-refractivity contribution in [2.45, 2.75) is 57.6 Å². The van der Waals surface area contributed by atoms with E-state index in [0.29, 0.717) is 5.75 Å². The van der Waals surface area contributed by atoms with E-state index >= 15 is 0 Å². The second-order valence-electron chi connectivity index (χ2n) is 8.44. The summed E-state index contributed by atoms with van der Waals surface area (Å²) in [5.41, 5.74) is 1.70. The van der Waals surface area contributed by atoms with Crippen LogP contribution >= 0.6 is 0 Å². The molecule has 2 aromatic rings. The lowest BCUT2D eigenvalue weighted by molar-refractivity contribution is -0.140. The molecule has 34 heavy (non-hydrogen) atoms. The summed E-state index contributed by atoms with van der Waals surface area (Å²) in [6.07, 6.45) is 0.750. The Morgan fingerprint density at radius 2 is 1.74 bits per heavy atom. The normalized spacial score (nSPS) is 13.3. The third-order valence-electron chi connectivity index (χ3n) is 5.74. The van der Waals surface area contributed by atoms with Gasteiger partial charge in [-0.25, -0.2) is 8.42 Å². The van der Waals surface area contributed by atoms with Gasteiger partial charge >= 0.3 is 0 Å². The monoisotopic (exact) mass is 489 g/mol. The lowest BCUT2D eigenvalue weighted by Crippen LogP contribution is -2.51. The molecule has 0 aliphatic carbocycles. The van der Waals surface area contributed by atoms with Gasteiger partial charge in [-0.3, -0.25) is 9.59 Å². The zero-order chi connectivity index (χ0) is 25.5. The number of benzene rings is 2. The maximum atomic E-state index is 13.4. The fraction of sp³-hybridized carbons (Fsp3) is 0.440. The molecule has 0 heterocycles. The molecule has 0 saturated heterocycles. The zero-order valence-electron chi connectivity index (χ0n) is 20.7. The first-order valence-corrected chi connectivity index (χ1v) is 12.7.